The normalized spacial score (nSPS) is 17.4. The van der Waals surface area contributed by atoms with E-state index in [0.717, 1.165) is 50.0 Å². The number of piperidine rings is 1. The lowest BCUT2D eigenvalue weighted by atomic mass is 9.88. The molecule has 34 heavy (non-hydrogen) atoms. The molecule has 0 aliphatic carbocycles. The molecule has 2 aliphatic rings. The molecule has 180 valence electrons. The summed E-state index contributed by atoms with van der Waals surface area (Å²) in [5, 5.41) is 6.81. The van der Waals surface area contributed by atoms with Gasteiger partial charge >= 0.3 is 0 Å². The van der Waals surface area contributed by atoms with Crippen molar-refractivity contribution in [3.63, 3.8) is 0 Å². The van der Waals surface area contributed by atoms with Gasteiger partial charge in [-0.1, -0.05) is 18.2 Å². The van der Waals surface area contributed by atoms with E-state index < -0.39 is 6.04 Å². The molecule has 4 rings (SSSR count). The minimum atomic E-state index is -0.550. The van der Waals surface area contributed by atoms with E-state index >= 15 is 0 Å². The van der Waals surface area contributed by atoms with Crippen LogP contribution >= 0.6 is 12.2 Å². The van der Waals surface area contributed by atoms with Crippen molar-refractivity contribution in [2.24, 2.45) is 5.92 Å². The number of halogens is 1. The third kappa shape index (κ3) is 5.73. The summed E-state index contributed by atoms with van der Waals surface area (Å²) in [5.41, 5.74) is 2.23. The van der Waals surface area contributed by atoms with Crippen LogP contribution in [0.15, 0.2) is 48.5 Å². The zero-order valence-corrected chi connectivity index (χ0v) is 20.2. The molecule has 2 N–H and O–H groups in total. The van der Waals surface area contributed by atoms with Gasteiger partial charge in [0.05, 0.1) is 0 Å². The number of thiocarbonyl (C=S) groups is 1. The molecule has 2 aromatic rings. The predicted octanol–water partition coefficient (Wildman–Crippen LogP) is 3.96. The van der Waals surface area contributed by atoms with Crippen molar-refractivity contribution in [1.82, 2.24) is 15.1 Å². The number of hydrogen-bond donors (Lipinski definition) is 2. The Labute approximate surface area is 205 Å². The van der Waals surface area contributed by atoms with Crippen LogP contribution in [0.5, 0.6) is 0 Å². The summed E-state index contributed by atoms with van der Waals surface area (Å²) >= 11 is 5.56. The molecule has 2 aromatic carbocycles. The molecule has 1 atom stereocenters. The molecule has 2 fully saturated rings. The standard InChI is InChI=1S/C26H31FN4O2S/c1-18-6-2-3-7-22(18)24(32)29-23(25(33)30-14-4-5-15-30)19-12-16-31(17-13-19)26(34)28-21-10-8-20(27)9-11-21/h2-3,6-11,19,23H,4-5,12-17H2,1H3,(H,28,34)(H,29,32). The molecule has 2 amide bonds. The number of hydrogen-bond acceptors (Lipinski definition) is 3. The summed E-state index contributed by atoms with van der Waals surface area (Å²) in [7, 11) is 0. The zero-order chi connectivity index (χ0) is 24.1. The zero-order valence-electron chi connectivity index (χ0n) is 19.4. The van der Waals surface area contributed by atoms with Crippen molar-refractivity contribution in [2.45, 2.75) is 38.6 Å². The molecular weight excluding hydrogens is 451 g/mol. The molecule has 2 heterocycles. The molecular formula is C26H31FN4O2S. The molecule has 6 nitrogen and oxygen atoms in total. The number of likely N-dealkylation sites (tertiary alicyclic amines) is 2. The second-order valence-electron chi connectivity index (χ2n) is 9.06. The van der Waals surface area contributed by atoms with E-state index in [1.165, 1.54) is 12.1 Å². The van der Waals surface area contributed by atoms with Gasteiger partial charge in [-0.3, -0.25) is 9.59 Å². The first-order chi connectivity index (χ1) is 16.4. The summed E-state index contributed by atoms with van der Waals surface area (Å²) < 4.78 is 13.2. The van der Waals surface area contributed by atoms with Crippen LogP contribution in [0.25, 0.3) is 0 Å². The van der Waals surface area contributed by atoms with Crippen LogP contribution in [0.1, 0.15) is 41.6 Å². The molecule has 0 spiro atoms. The predicted molar refractivity (Wildman–Crippen MR) is 135 cm³/mol. The van der Waals surface area contributed by atoms with Crippen LogP contribution in [0, 0.1) is 18.7 Å². The van der Waals surface area contributed by atoms with Crippen LogP contribution in [0.3, 0.4) is 0 Å². The van der Waals surface area contributed by atoms with Crippen molar-refractivity contribution in [1.29, 1.82) is 0 Å². The lowest BCUT2D eigenvalue weighted by Crippen LogP contribution is -2.54. The second kappa shape index (κ2) is 11.0. The summed E-state index contributed by atoms with van der Waals surface area (Å²) in [5.74, 6) is -0.443. The minimum Gasteiger partial charge on any atom is -0.349 e. The monoisotopic (exact) mass is 482 g/mol. The Morgan fingerprint density at radius 2 is 1.62 bits per heavy atom. The smallest absolute Gasteiger partial charge is 0.252 e. The van der Waals surface area contributed by atoms with Gasteiger partial charge < -0.3 is 20.4 Å². The van der Waals surface area contributed by atoms with Crippen molar-refractivity contribution < 1.29 is 14.0 Å². The summed E-state index contributed by atoms with van der Waals surface area (Å²) in [6, 6.07) is 13.0. The van der Waals surface area contributed by atoms with E-state index in [1.807, 2.05) is 30.0 Å². The fraction of sp³-hybridized carbons (Fsp3) is 0.423. The van der Waals surface area contributed by atoms with Crippen LogP contribution in [-0.2, 0) is 4.79 Å². The number of carbonyl (C=O) groups is 2. The van der Waals surface area contributed by atoms with Gasteiger partial charge in [-0.05, 0) is 86.6 Å². The molecule has 2 saturated heterocycles. The van der Waals surface area contributed by atoms with E-state index in [0.29, 0.717) is 23.8 Å². The molecule has 8 heteroatoms. The highest BCUT2D eigenvalue weighted by atomic mass is 32.1. The maximum absolute atomic E-state index is 13.4. The molecule has 2 aliphatic heterocycles. The highest BCUT2D eigenvalue weighted by Crippen LogP contribution is 2.25. The van der Waals surface area contributed by atoms with Gasteiger partial charge in [0.25, 0.3) is 5.91 Å². The fourth-order valence-electron chi connectivity index (χ4n) is 4.73. The molecule has 1 unspecified atom stereocenters. The van der Waals surface area contributed by atoms with Gasteiger partial charge in [-0.2, -0.15) is 0 Å². The first-order valence-corrected chi connectivity index (χ1v) is 12.3. The lowest BCUT2D eigenvalue weighted by molar-refractivity contribution is -0.134. The number of anilines is 1. The molecule has 0 radical (unpaired) electrons. The van der Waals surface area contributed by atoms with Gasteiger partial charge in [0, 0.05) is 37.4 Å². The van der Waals surface area contributed by atoms with Gasteiger partial charge in [-0.15, -0.1) is 0 Å². The molecule has 0 aromatic heterocycles. The van der Waals surface area contributed by atoms with Gasteiger partial charge in [0.15, 0.2) is 5.11 Å². The van der Waals surface area contributed by atoms with Crippen molar-refractivity contribution >= 4 is 34.8 Å². The van der Waals surface area contributed by atoms with E-state index in [-0.39, 0.29) is 23.5 Å². The Morgan fingerprint density at radius 3 is 2.26 bits per heavy atom. The Morgan fingerprint density at radius 1 is 0.971 bits per heavy atom. The van der Waals surface area contributed by atoms with E-state index in [4.69, 9.17) is 12.2 Å². The highest BCUT2D eigenvalue weighted by molar-refractivity contribution is 7.80. The maximum atomic E-state index is 13.4. The highest BCUT2D eigenvalue weighted by Gasteiger charge is 2.36. The second-order valence-corrected chi connectivity index (χ2v) is 9.45. The number of aryl methyl sites for hydroxylation is 1. The molecule has 0 saturated carbocycles. The third-order valence-electron chi connectivity index (χ3n) is 6.75. The van der Waals surface area contributed by atoms with Crippen molar-refractivity contribution in [2.75, 3.05) is 31.5 Å². The summed E-state index contributed by atoms with van der Waals surface area (Å²) in [4.78, 5) is 30.4. The number of carbonyl (C=O) groups excluding carboxylic acids is 2. The maximum Gasteiger partial charge on any atom is 0.252 e. The van der Waals surface area contributed by atoms with Gasteiger partial charge in [0.1, 0.15) is 11.9 Å². The largest absolute Gasteiger partial charge is 0.349 e. The SMILES string of the molecule is Cc1ccccc1C(=O)NC(C(=O)N1CCCC1)C1CCN(C(=S)Nc2ccc(F)cc2)CC1. The Kier molecular flexibility index (Phi) is 7.77. The number of rotatable bonds is 5. The number of benzene rings is 2. The quantitative estimate of drug-likeness (QED) is 0.632. The molecule has 0 bridgehead atoms. The average molecular weight is 483 g/mol. The fourth-order valence-corrected chi connectivity index (χ4v) is 5.03. The van der Waals surface area contributed by atoms with E-state index in [9.17, 15) is 14.0 Å². The van der Waals surface area contributed by atoms with Crippen LogP contribution in [-0.4, -0.2) is 58.9 Å². The Hall–Kier alpha value is -3.00. The Bertz CT molecular complexity index is 1030. The van der Waals surface area contributed by atoms with Crippen LogP contribution in [0.4, 0.5) is 10.1 Å². The first-order valence-electron chi connectivity index (χ1n) is 11.9. The first kappa shape index (κ1) is 24.1. The van der Waals surface area contributed by atoms with Crippen LogP contribution in [0.2, 0.25) is 0 Å². The topological polar surface area (TPSA) is 64.7 Å². The van der Waals surface area contributed by atoms with Crippen LogP contribution < -0.4 is 10.6 Å². The van der Waals surface area contributed by atoms with Gasteiger partial charge in [0.2, 0.25) is 5.91 Å². The lowest BCUT2D eigenvalue weighted by Gasteiger charge is -2.38. The third-order valence-corrected chi connectivity index (χ3v) is 7.11. The van der Waals surface area contributed by atoms with Gasteiger partial charge in [-0.25, -0.2) is 4.39 Å². The number of nitrogens with one attached hydrogen (secondary N) is 2. The van der Waals surface area contributed by atoms with E-state index in [1.54, 1.807) is 18.2 Å². The number of amides is 2. The van der Waals surface area contributed by atoms with Crippen molar-refractivity contribution in [3.05, 3.63) is 65.5 Å². The van der Waals surface area contributed by atoms with E-state index in [2.05, 4.69) is 15.5 Å². The number of nitrogens with zero attached hydrogens (tertiary/aromatic N) is 2. The average Bonchev–Trinajstić information content (AvgIpc) is 3.39. The van der Waals surface area contributed by atoms with Crippen molar-refractivity contribution in [3.8, 4) is 0 Å². The summed E-state index contributed by atoms with van der Waals surface area (Å²) in [6.45, 7) is 4.77. The minimum absolute atomic E-state index is 0.0184. The summed E-state index contributed by atoms with van der Waals surface area (Å²) in [6.07, 6.45) is 3.49. The Balaban J connectivity index is 1.42.